The Bertz CT molecular complexity index is 1310. The largest absolute Gasteiger partial charge is 0.448 e. The number of carbonyl (C=O) groups is 4. The van der Waals surface area contributed by atoms with Gasteiger partial charge in [-0.1, -0.05) is 21.6 Å². The number of fused-ring (bicyclic) bond motifs is 2. The van der Waals surface area contributed by atoms with E-state index < -0.39 is 23.9 Å². The van der Waals surface area contributed by atoms with Crippen molar-refractivity contribution in [3.63, 3.8) is 0 Å². The molecule has 12 heteroatoms. The number of hydrogen-bond donors (Lipinski definition) is 0. The van der Waals surface area contributed by atoms with Crippen LogP contribution in [0.3, 0.4) is 0 Å². The van der Waals surface area contributed by atoms with Gasteiger partial charge in [0.05, 0.1) is 12.8 Å². The zero-order valence-corrected chi connectivity index (χ0v) is 17.5. The number of hydrogen-bond acceptors (Lipinski definition) is 12. The van der Waals surface area contributed by atoms with Crippen molar-refractivity contribution in [2.24, 2.45) is 0 Å². The van der Waals surface area contributed by atoms with Crippen LogP contribution < -0.4 is 18.9 Å². The zero-order chi connectivity index (χ0) is 22.0. The first-order chi connectivity index (χ1) is 15.5. The van der Waals surface area contributed by atoms with Crippen LogP contribution in [-0.2, 0) is 9.59 Å². The Morgan fingerprint density at radius 3 is 1.62 bits per heavy atom. The van der Waals surface area contributed by atoms with Gasteiger partial charge < -0.3 is 27.8 Å². The minimum atomic E-state index is -0.519. The topological polar surface area (TPSA) is 131 Å². The van der Waals surface area contributed by atoms with Gasteiger partial charge in [-0.05, 0) is 0 Å². The van der Waals surface area contributed by atoms with Gasteiger partial charge in [0.15, 0.2) is 22.3 Å². The van der Waals surface area contributed by atoms with E-state index in [1.165, 1.54) is 33.7 Å². The van der Waals surface area contributed by atoms with E-state index in [0.717, 1.165) is 0 Å². The maximum absolute atomic E-state index is 12.1. The first kappa shape index (κ1) is 19.3. The molecule has 4 aromatic rings. The maximum Gasteiger partial charge on any atom is 0.347 e. The second-order valence-electron chi connectivity index (χ2n) is 6.89. The molecule has 4 aromatic heterocycles. The summed E-state index contributed by atoms with van der Waals surface area (Å²) in [5, 5.41) is 0. The van der Waals surface area contributed by atoms with E-state index in [-0.39, 0.29) is 35.8 Å². The van der Waals surface area contributed by atoms with Gasteiger partial charge >= 0.3 is 23.9 Å². The number of benzene rings is 2. The lowest BCUT2D eigenvalue weighted by Gasteiger charge is -2.04. The number of ether oxygens (including phenoxy) is 4. The van der Waals surface area contributed by atoms with Crippen molar-refractivity contribution in [2.45, 2.75) is 12.8 Å². The summed E-state index contributed by atoms with van der Waals surface area (Å²) < 4.78 is 31.3. The van der Waals surface area contributed by atoms with E-state index in [4.69, 9.17) is 27.8 Å². The molecule has 6 rings (SSSR count). The second kappa shape index (κ2) is 7.07. The van der Waals surface area contributed by atoms with Gasteiger partial charge in [-0.15, -0.1) is 0 Å². The normalized spacial score (nSPS) is 14.0. The van der Waals surface area contributed by atoms with Crippen molar-refractivity contribution in [3.05, 3.63) is 23.3 Å². The van der Waals surface area contributed by atoms with Crippen LogP contribution >= 0.6 is 21.6 Å². The molecule has 6 heterocycles. The molecule has 0 unspecified atom stereocenters. The molecule has 0 aliphatic carbocycles. The molecule has 0 radical (unpaired) electrons. The minimum Gasteiger partial charge on any atom is -0.448 e. The predicted molar refractivity (Wildman–Crippen MR) is 110 cm³/mol. The second-order valence-corrected chi connectivity index (χ2v) is 9.60. The first-order valence-corrected chi connectivity index (χ1v) is 11.9. The fourth-order valence-electron chi connectivity index (χ4n) is 3.45. The number of esters is 4. The van der Waals surface area contributed by atoms with Gasteiger partial charge in [0.2, 0.25) is 23.0 Å². The highest BCUT2D eigenvalue weighted by Gasteiger charge is 2.37. The molecule has 10 nitrogen and oxygen atoms in total. The molecule has 0 N–H and O–H groups in total. The smallest absolute Gasteiger partial charge is 0.347 e. The van der Waals surface area contributed by atoms with Crippen molar-refractivity contribution in [1.29, 1.82) is 0 Å². The number of carbonyl (C=O) groups excluding carboxylic acids is 4. The fraction of sp³-hybridized carbons (Fsp3) is 0.200. The summed E-state index contributed by atoms with van der Waals surface area (Å²) in [4.78, 5) is 47.3. The molecule has 162 valence electrons. The van der Waals surface area contributed by atoms with Crippen molar-refractivity contribution in [1.82, 2.24) is 0 Å². The summed E-state index contributed by atoms with van der Waals surface area (Å²) in [6, 6.07) is 2.98. The molecule has 0 spiro atoms. The van der Waals surface area contributed by atoms with Gasteiger partial charge in [-0.2, -0.15) is 0 Å². The van der Waals surface area contributed by atoms with Gasteiger partial charge in [0, 0.05) is 23.6 Å². The van der Waals surface area contributed by atoms with E-state index in [1.807, 2.05) is 0 Å². The van der Waals surface area contributed by atoms with Crippen LogP contribution in [0.1, 0.15) is 33.6 Å². The Labute approximate surface area is 185 Å². The lowest BCUT2D eigenvalue weighted by Crippen LogP contribution is -2.10. The molecule has 0 atom stereocenters. The van der Waals surface area contributed by atoms with Crippen LogP contribution in [-0.4, -0.2) is 35.4 Å². The maximum atomic E-state index is 12.1. The molecule has 2 aliphatic rings. The summed E-state index contributed by atoms with van der Waals surface area (Å²) >= 11 is 0. The van der Waals surface area contributed by atoms with E-state index in [0.29, 0.717) is 45.0 Å². The highest BCUT2D eigenvalue weighted by Crippen LogP contribution is 2.50. The van der Waals surface area contributed by atoms with Crippen LogP contribution in [0.5, 0.6) is 23.0 Å². The molecule has 0 saturated carbocycles. The van der Waals surface area contributed by atoms with Crippen LogP contribution in [0, 0.1) is 0 Å². The molecule has 4 bridgehead atoms. The summed E-state index contributed by atoms with van der Waals surface area (Å²) in [5.41, 5.74) is 1.89. The Morgan fingerprint density at radius 1 is 0.750 bits per heavy atom. The van der Waals surface area contributed by atoms with E-state index >= 15 is 0 Å². The van der Waals surface area contributed by atoms with Gasteiger partial charge in [-0.25, -0.2) is 9.59 Å². The standard InChI is InChI=1S/C20H10O10S2/c21-11(27-15-9-5-7-13(25-9)17(15)29-19(7)23)1-3-31-32-4-2-12(22)28-16-10-6-8-14(26-10)18(16)30-20(8)24/h5-6H,1-4H2. The Morgan fingerprint density at radius 2 is 1.19 bits per heavy atom. The minimum absolute atomic E-state index is 0.122. The molecular formula is C20H10O10S2. The Kier molecular flexibility index (Phi) is 4.27. The predicted octanol–water partition coefficient (Wildman–Crippen LogP) is 3.79. The van der Waals surface area contributed by atoms with Crippen molar-refractivity contribution in [2.75, 3.05) is 11.5 Å². The fourth-order valence-corrected chi connectivity index (χ4v) is 5.39. The third kappa shape index (κ3) is 2.90. The quantitative estimate of drug-likeness (QED) is 0.151. The van der Waals surface area contributed by atoms with E-state index in [1.54, 1.807) is 0 Å². The third-order valence-corrected chi connectivity index (χ3v) is 7.27. The lowest BCUT2D eigenvalue weighted by atomic mass is 10.2. The molecule has 0 aromatic carbocycles. The van der Waals surface area contributed by atoms with Gasteiger partial charge in [0.25, 0.3) is 0 Å². The highest BCUT2D eigenvalue weighted by atomic mass is 33.1. The number of furan rings is 4. The molecule has 2 aliphatic heterocycles. The third-order valence-electron chi connectivity index (χ3n) is 4.86. The zero-order valence-electron chi connectivity index (χ0n) is 15.9. The SMILES string of the molecule is O=C(CCSSCCC(=O)Oc1c2c3oc1cc3C(=O)O2)Oc1c2c3oc1cc3C(=O)O2. The highest BCUT2D eigenvalue weighted by molar-refractivity contribution is 8.76. The Hall–Kier alpha value is -3.38. The lowest BCUT2D eigenvalue weighted by molar-refractivity contribution is -0.134. The van der Waals surface area contributed by atoms with Gasteiger partial charge in [0.1, 0.15) is 11.1 Å². The average Bonchev–Trinajstić information content (AvgIpc) is 3.55. The summed E-state index contributed by atoms with van der Waals surface area (Å²) in [7, 11) is 2.81. The summed E-state index contributed by atoms with van der Waals surface area (Å²) in [6.45, 7) is 0. The van der Waals surface area contributed by atoms with Crippen molar-refractivity contribution >= 4 is 67.8 Å². The van der Waals surface area contributed by atoms with Crippen molar-refractivity contribution in [3.8, 4) is 23.0 Å². The molecule has 0 saturated heterocycles. The van der Waals surface area contributed by atoms with Crippen LogP contribution in [0.4, 0.5) is 0 Å². The Balaban J connectivity index is 0.912. The summed E-state index contributed by atoms with van der Waals surface area (Å²) in [6.07, 6.45) is 0.243. The molecule has 0 amide bonds. The molecular weight excluding hydrogens is 464 g/mol. The van der Waals surface area contributed by atoms with Crippen LogP contribution in [0.2, 0.25) is 0 Å². The molecule has 0 fully saturated rings. The van der Waals surface area contributed by atoms with Crippen molar-refractivity contribution < 1.29 is 47.0 Å². The van der Waals surface area contributed by atoms with Gasteiger partial charge in [-0.3, -0.25) is 9.59 Å². The molecule has 32 heavy (non-hydrogen) atoms. The van der Waals surface area contributed by atoms with E-state index in [2.05, 4.69) is 0 Å². The monoisotopic (exact) mass is 474 g/mol. The van der Waals surface area contributed by atoms with E-state index in [9.17, 15) is 19.2 Å². The van der Waals surface area contributed by atoms with Crippen LogP contribution in [0.25, 0.3) is 22.3 Å². The summed E-state index contributed by atoms with van der Waals surface area (Å²) in [5.74, 6) is -0.525. The number of rotatable bonds is 9. The average molecular weight is 474 g/mol. The first-order valence-electron chi connectivity index (χ1n) is 9.37. The van der Waals surface area contributed by atoms with Crippen LogP contribution in [0.15, 0.2) is 21.0 Å².